The van der Waals surface area contributed by atoms with Gasteiger partial charge in [0.25, 0.3) is 0 Å². The minimum Gasteiger partial charge on any atom is -0.310 e. The Balaban J connectivity index is 1.89. The molecule has 1 N–H and O–H groups in total. The maximum Gasteiger partial charge on any atom is 0.127 e. The highest BCUT2D eigenvalue weighted by molar-refractivity contribution is 7.11. The van der Waals surface area contributed by atoms with Crippen molar-refractivity contribution in [1.29, 1.82) is 0 Å². The normalized spacial score (nSPS) is 12.6. The summed E-state index contributed by atoms with van der Waals surface area (Å²) in [5.41, 5.74) is 0.613. The van der Waals surface area contributed by atoms with Crippen molar-refractivity contribution in [3.8, 4) is 0 Å². The summed E-state index contributed by atoms with van der Waals surface area (Å²) in [4.78, 5) is 2.67. The van der Waals surface area contributed by atoms with Gasteiger partial charge in [0.05, 0.1) is 0 Å². The van der Waals surface area contributed by atoms with Crippen LogP contribution in [0.3, 0.4) is 0 Å². The number of hydrogen-bond acceptors (Lipinski definition) is 2. The summed E-state index contributed by atoms with van der Waals surface area (Å²) < 4.78 is 13.6. The predicted octanol–water partition coefficient (Wildman–Crippen LogP) is 4.57. The monoisotopic (exact) mass is 297 g/mol. The van der Waals surface area contributed by atoms with Gasteiger partial charge in [-0.3, -0.25) is 0 Å². The number of rotatable bonds is 5. The van der Waals surface area contributed by atoms with Gasteiger partial charge in [-0.2, -0.15) is 0 Å². The van der Waals surface area contributed by atoms with Crippen LogP contribution in [0.2, 0.25) is 5.02 Å². The summed E-state index contributed by atoms with van der Waals surface area (Å²) in [6.07, 6.45) is 0.959. The SMILES string of the molecule is Cc1ccc(CC(C)NCc2cc(Cl)ccc2F)s1. The van der Waals surface area contributed by atoms with E-state index in [1.165, 1.54) is 15.8 Å². The Kier molecular flexibility index (Phi) is 4.97. The molecule has 19 heavy (non-hydrogen) atoms. The van der Waals surface area contributed by atoms with Gasteiger partial charge < -0.3 is 5.32 Å². The minimum atomic E-state index is -0.212. The van der Waals surface area contributed by atoms with Crippen molar-refractivity contribution < 1.29 is 4.39 Å². The van der Waals surface area contributed by atoms with Crippen molar-refractivity contribution in [1.82, 2.24) is 5.32 Å². The zero-order valence-corrected chi connectivity index (χ0v) is 12.6. The summed E-state index contributed by atoms with van der Waals surface area (Å²) in [5, 5.41) is 3.90. The number of hydrogen-bond donors (Lipinski definition) is 1. The van der Waals surface area contributed by atoms with Gasteiger partial charge in [-0.05, 0) is 50.6 Å². The first-order valence-electron chi connectivity index (χ1n) is 6.27. The number of aryl methyl sites for hydroxylation is 1. The van der Waals surface area contributed by atoms with Crippen LogP contribution < -0.4 is 5.32 Å². The molecule has 0 spiro atoms. The Morgan fingerprint density at radius 3 is 2.79 bits per heavy atom. The molecule has 0 saturated carbocycles. The predicted molar refractivity (Wildman–Crippen MR) is 80.5 cm³/mol. The molecule has 2 rings (SSSR count). The topological polar surface area (TPSA) is 12.0 Å². The molecule has 0 aliphatic heterocycles. The molecule has 1 aromatic heterocycles. The molecule has 1 aromatic carbocycles. The van der Waals surface area contributed by atoms with Gasteiger partial charge in [-0.25, -0.2) is 4.39 Å². The molecule has 0 aliphatic rings. The first-order valence-corrected chi connectivity index (χ1v) is 7.46. The second-order valence-electron chi connectivity index (χ2n) is 4.73. The van der Waals surface area contributed by atoms with E-state index in [0.717, 1.165) is 6.42 Å². The average molecular weight is 298 g/mol. The Morgan fingerprint density at radius 1 is 1.32 bits per heavy atom. The van der Waals surface area contributed by atoms with E-state index in [-0.39, 0.29) is 5.82 Å². The van der Waals surface area contributed by atoms with Crippen molar-refractivity contribution >= 4 is 22.9 Å². The van der Waals surface area contributed by atoms with Crippen molar-refractivity contribution in [2.75, 3.05) is 0 Å². The molecule has 0 bridgehead atoms. The number of halogens is 2. The zero-order chi connectivity index (χ0) is 13.8. The minimum absolute atomic E-state index is 0.212. The molecular formula is C15H17ClFNS. The molecule has 102 valence electrons. The van der Waals surface area contributed by atoms with Crippen LogP contribution >= 0.6 is 22.9 Å². The number of thiophene rings is 1. The van der Waals surface area contributed by atoms with Crippen molar-refractivity contribution in [2.45, 2.75) is 32.9 Å². The Bertz CT molecular complexity index is 553. The average Bonchev–Trinajstić information content (AvgIpc) is 2.76. The van der Waals surface area contributed by atoms with Gasteiger partial charge in [0.15, 0.2) is 0 Å². The van der Waals surface area contributed by atoms with Crippen molar-refractivity contribution in [3.05, 3.63) is 56.5 Å². The van der Waals surface area contributed by atoms with Gasteiger partial charge in [-0.15, -0.1) is 11.3 Å². The van der Waals surface area contributed by atoms with Gasteiger partial charge in [-0.1, -0.05) is 11.6 Å². The molecule has 1 nitrogen and oxygen atoms in total. The van der Waals surface area contributed by atoms with E-state index >= 15 is 0 Å². The molecule has 0 amide bonds. The Labute approximate surface area is 122 Å². The van der Waals surface area contributed by atoms with Crippen LogP contribution in [0.15, 0.2) is 30.3 Å². The second-order valence-corrected chi connectivity index (χ2v) is 6.54. The van der Waals surface area contributed by atoms with Crippen LogP contribution in [0.1, 0.15) is 22.2 Å². The summed E-state index contributed by atoms with van der Waals surface area (Å²) in [5.74, 6) is -0.212. The zero-order valence-electron chi connectivity index (χ0n) is 11.0. The molecular weight excluding hydrogens is 281 g/mol. The third kappa shape index (κ3) is 4.30. The fourth-order valence-electron chi connectivity index (χ4n) is 1.93. The van der Waals surface area contributed by atoms with Crippen molar-refractivity contribution in [2.24, 2.45) is 0 Å². The molecule has 1 heterocycles. The standard InChI is InChI=1S/C15H17ClFNS/c1-10(7-14-5-3-11(2)19-14)18-9-12-8-13(16)4-6-15(12)17/h3-6,8,10,18H,7,9H2,1-2H3. The van der Waals surface area contributed by atoms with E-state index < -0.39 is 0 Å². The molecule has 4 heteroatoms. The van der Waals surface area contributed by atoms with Crippen LogP contribution in [-0.4, -0.2) is 6.04 Å². The van der Waals surface area contributed by atoms with Crippen LogP contribution in [-0.2, 0) is 13.0 Å². The van der Waals surface area contributed by atoms with Crippen molar-refractivity contribution in [3.63, 3.8) is 0 Å². The largest absolute Gasteiger partial charge is 0.310 e. The highest BCUT2D eigenvalue weighted by Gasteiger charge is 2.07. The lowest BCUT2D eigenvalue weighted by atomic mass is 10.1. The third-order valence-corrected chi connectivity index (χ3v) is 4.21. The van der Waals surface area contributed by atoms with E-state index in [4.69, 9.17) is 11.6 Å². The van der Waals surface area contributed by atoms with E-state index in [9.17, 15) is 4.39 Å². The summed E-state index contributed by atoms with van der Waals surface area (Å²) in [7, 11) is 0. The highest BCUT2D eigenvalue weighted by Crippen LogP contribution is 2.18. The molecule has 1 unspecified atom stereocenters. The van der Waals surface area contributed by atoms with Crippen LogP contribution in [0.5, 0.6) is 0 Å². The van der Waals surface area contributed by atoms with Crippen LogP contribution in [0.25, 0.3) is 0 Å². The first kappa shape index (κ1) is 14.5. The van der Waals surface area contributed by atoms with Gasteiger partial charge in [0.1, 0.15) is 5.82 Å². The fraction of sp³-hybridized carbons (Fsp3) is 0.333. The molecule has 1 atom stereocenters. The first-order chi connectivity index (χ1) is 9.04. The molecule has 0 aliphatic carbocycles. The number of benzene rings is 1. The fourth-order valence-corrected chi connectivity index (χ4v) is 3.15. The summed E-state index contributed by atoms with van der Waals surface area (Å²) in [6.45, 7) is 4.71. The van der Waals surface area contributed by atoms with E-state index in [1.54, 1.807) is 12.1 Å². The smallest absolute Gasteiger partial charge is 0.127 e. The summed E-state index contributed by atoms with van der Waals surface area (Å²) in [6, 6.07) is 9.23. The lowest BCUT2D eigenvalue weighted by Crippen LogP contribution is -2.27. The summed E-state index contributed by atoms with van der Waals surface area (Å²) >= 11 is 7.68. The molecule has 2 aromatic rings. The van der Waals surface area contributed by atoms with Gasteiger partial charge >= 0.3 is 0 Å². The maximum absolute atomic E-state index is 13.6. The highest BCUT2D eigenvalue weighted by atomic mass is 35.5. The molecule has 0 saturated heterocycles. The molecule has 0 radical (unpaired) electrons. The maximum atomic E-state index is 13.6. The lowest BCUT2D eigenvalue weighted by molar-refractivity contribution is 0.527. The molecule has 0 fully saturated rings. The number of nitrogens with one attached hydrogen (secondary N) is 1. The third-order valence-electron chi connectivity index (χ3n) is 2.95. The van der Waals surface area contributed by atoms with Gasteiger partial charge in [0.2, 0.25) is 0 Å². The quantitative estimate of drug-likeness (QED) is 0.852. The van der Waals surface area contributed by atoms with E-state index in [1.807, 2.05) is 11.3 Å². The van der Waals surface area contributed by atoms with E-state index in [0.29, 0.717) is 23.2 Å². The Hall–Kier alpha value is -0.900. The van der Waals surface area contributed by atoms with Crippen LogP contribution in [0.4, 0.5) is 4.39 Å². The second kappa shape index (κ2) is 6.51. The van der Waals surface area contributed by atoms with E-state index in [2.05, 4.69) is 31.3 Å². The lowest BCUT2D eigenvalue weighted by Gasteiger charge is -2.13. The Morgan fingerprint density at radius 2 is 2.11 bits per heavy atom. The van der Waals surface area contributed by atoms with Crippen LogP contribution in [0, 0.1) is 12.7 Å². The van der Waals surface area contributed by atoms with Gasteiger partial charge in [0, 0.05) is 32.9 Å².